The number of esters is 1. The fourth-order valence-electron chi connectivity index (χ4n) is 2.54. The number of ketones is 1. The normalized spacial score (nSPS) is 20.5. The van der Waals surface area contributed by atoms with Crippen LogP contribution >= 0.6 is 11.8 Å². The van der Waals surface area contributed by atoms with Gasteiger partial charge >= 0.3 is 12.1 Å². The van der Waals surface area contributed by atoms with Gasteiger partial charge in [-0.2, -0.15) is 0 Å². The van der Waals surface area contributed by atoms with Crippen LogP contribution in [0.1, 0.15) is 19.4 Å². The Hall–Kier alpha value is -2.06. The molecule has 0 bridgehead atoms. The van der Waals surface area contributed by atoms with Gasteiger partial charge in [-0.05, 0) is 11.5 Å². The zero-order valence-electron chi connectivity index (χ0n) is 15.1. The molecule has 26 heavy (non-hydrogen) atoms. The summed E-state index contributed by atoms with van der Waals surface area (Å²) in [5, 5.41) is 5.03. The maximum Gasteiger partial charge on any atom is 0.408 e. The van der Waals surface area contributed by atoms with Gasteiger partial charge in [-0.15, -0.1) is 11.8 Å². The molecule has 7 nitrogen and oxygen atoms in total. The summed E-state index contributed by atoms with van der Waals surface area (Å²) in [6.45, 7) is 3.82. The number of nitrogens with one attached hydrogen (secondary N) is 2. The number of hydrogen-bond donors (Lipinski definition) is 2. The third kappa shape index (κ3) is 5.47. The summed E-state index contributed by atoms with van der Waals surface area (Å²) in [7, 11) is 1.31. The van der Waals surface area contributed by atoms with E-state index in [-0.39, 0.29) is 18.3 Å². The Balaban J connectivity index is 1.90. The van der Waals surface area contributed by atoms with E-state index in [0.717, 1.165) is 5.56 Å². The van der Waals surface area contributed by atoms with Crippen LogP contribution in [0.3, 0.4) is 0 Å². The highest BCUT2D eigenvalue weighted by molar-refractivity contribution is 8.00. The molecule has 3 unspecified atom stereocenters. The molecule has 8 heteroatoms. The second-order valence-corrected chi connectivity index (χ2v) is 7.42. The van der Waals surface area contributed by atoms with Crippen LogP contribution in [-0.4, -0.2) is 48.2 Å². The summed E-state index contributed by atoms with van der Waals surface area (Å²) in [5.41, 5.74) is 0.865. The summed E-state index contributed by atoms with van der Waals surface area (Å²) in [4.78, 5) is 36.4. The minimum absolute atomic E-state index is 0.119. The third-order valence-corrected chi connectivity index (χ3v) is 5.21. The van der Waals surface area contributed by atoms with Gasteiger partial charge in [0.2, 0.25) is 0 Å². The number of thioether (sulfide) groups is 1. The number of methoxy groups -OCH3 is 1. The van der Waals surface area contributed by atoms with Gasteiger partial charge in [0.1, 0.15) is 18.0 Å². The molecule has 0 aromatic heterocycles. The van der Waals surface area contributed by atoms with E-state index < -0.39 is 29.5 Å². The lowest BCUT2D eigenvalue weighted by Crippen LogP contribution is -2.51. The van der Waals surface area contributed by atoms with Crippen molar-refractivity contribution in [1.29, 1.82) is 0 Å². The number of amides is 1. The van der Waals surface area contributed by atoms with Crippen molar-refractivity contribution in [2.24, 2.45) is 5.92 Å². The van der Waals surface area contributed by atoms with E-state index in [0.29, 0.717) is 5.75 Å². The molecule has 1 aromatic rings. The lowest BCUT2D eigenvalue weighted by atomic mass is 9.99. The van der Waals surface area contributed by atoms with Gasteiger partial charge in [0, 0.05) is 5.75 Å². The number of Topliss-reactive ketones (excluding diaryl/α,β-unsaturated/α-hetero) is 1. The molecule has 1 heterocycles. The Morgan fingerprint density at radius 3 is 2.58 bits per heavy atom. The van der Waals surface area contributed by atoms with Crippen molar-refractivity contribution >= 4 is 29.6 Å². The Kier molecular flexibility index (Phi) is 7.47. The average Bonchev–Trinajstić information content (AvgIpc) is 3.14. The first-order chi connectivity index (χ1) is 12.4. The maximum absolute atomic E-state index is 12.7. The smallest absolute Gasteiger partial charge is 0.408 e. The van der Waals surface area contributed by atoms with Crippen LogP contribution in [-0.2, 0) is 25.7 Å². The van der Waals surface area contributed by atoms with Crippen molar-refractivity contribution in [2.45, 2.75) is 37.9 Å². The second kappa shape index (κ2) is 9.59. The molecule has 1 saturated heterocycles. The van der Waals surface area contributed by atoms with E-state index in [2.05, 4.69) is 10.6 Å². The minimum atomic E-state index is -0.709. The first kappa shape index (κ1) is 20.3. The van der Waals surface area contributed by atoms with Crippen LogP contribution in [0.15, 0.2) is 30.3 Å². The van der Waals surface area contributed by atoms with E-state index in [4.69, 9.17) is 9.47 Å². The van der Waals surface area contributed by atoms with Gasteiger partial charge in [-0.3, -0.25) is 14.9 Å². The van der Waals surface area contributed by atoms with Crippen molar-refractivity contribution in [1.82, 2.24) is 10.6 Å². The van der Waals surface area contributed by atoms with E-state index in [1.54, 1.807) is 0 Å². The van der Waals surface area contributed by atoms with Crippen molar-refractivity contribution < 1.29 is 23.9 Å². The van der Waals surface area contributed by atoms with E-state index in [1.807, 2.05) is 44.2 Å². The van der Waals surface area contributed by atoms with Crippen molar-refractivity contribution in [3.05, 3.63) is 35.9 Å². The number of carbonyl (C=O) groups excluding carboxylic acids is 3. The number of hydrogen-bond acceptors (Lipinski definition) is 7. The molecule has 0 radical (unpaired) electrons. The SMILES string of the molecule is COC(=O)C1CSC(C(=O)C(NC(=O)OCc2ccccc2)C(C)C)N1. The molecule has 0 aliphatic carbocycles. The summed E-state index contributed by atoms with van der Waals surface area (Å²) in [6.07, 6.45) is -0.645. The van der Waals surface area contributed by atoms with E-state index in [9.17, 15) is 14.4 Å². The molecule has 1 aliphatic heterocycles. The van der Waals surface area contributed by atoms with Gasteiger partial charge < -0.3 is 14.8 Å². The molecule has 2 N–H and O–H groups in total. The van der Waals surface area contributed by atoms with Gasteiger partial charge in [0.15, 0.2) is 5.78 Å². The summed E-state index contributed by atoms with van der Waals surface area (Å²) in [6, 6.07) is 8.08. The highest BCUT2D eigenvalue weighted by atomic mass is 32.2. The van der Waals surface area contributed by atoms with E-state index >= 15 is 0 Å². The van der Waals surface area contributed by atoms with Gasteiger partial charge in [0.25, 0.3) is 0 Å². The fourth-order valence-corrected chi connectivity index (χ4v) is 3.72. The predicted octanol–water partition coefficient (Wildman–Crippen LogP) is 1.71. The van der Waals surface area contributed by atoms with Gasteiger partial charge in [-0.25, -0.2) is 4.79 Å². The molecule has 0 spiro atoms. The zero-order chi connectivity index (χ0) is 19.1. The molecule has 1 aliphatic rings. The number of carbonyl (C=O) groups is 3. The van der Waals surface area contributed by atoms with Crippen molar-refractivity contribution in [3.8, 4) is 0 Å². The Bertz CT molecular complexity index is 638. The van der Waals surface area contributed by atoms with Crippen molar-refractivity contribution in [2.75, 3.05) is 12.9 Å². The topological polar surface area (TPSA) is 93.7 Å². The lowest BCUT2D eigenvalue weighted by molar-refractivity contribution is -0.142. The largest absolute Gasteiger partial charge is 0.468 e. The van der Waals surface area contributed by atoms with Crippen LogP contribution < -0.4 is 10.6 Å². The number of rotatable bonds is 7. The second-order valence-electron chi connectivity index (χ2n) is 6.29. The summed E-state index contributed by atoms with van der Waals surface area (Å²) >= 11 is 1.33. The third-order valence-electron chi connectivity index (χ3n) is 3.99. The highest BCUT2D eigenvalue weighted by Gasteiger charge is 2.38. The minimum Gasteiger partial charge on any atom is -0.468 e. The molecular formula is C18H24N2O5S. The Morgan fingerprint density at radius 1 is 1.27 bits per heavy atom. The molecule has 0 saturated carbocycles. The van der Waals surface area contributed by atoms with E-state index in [1.165, 1.54) is 18.9 Å². The van der Waals surface area contributed by atoms with Crippen LogP contribution in [0.5, 0.6) is 0 Å². The van der Waals surface area contributed by atoms with Gasteiger partial charge in [0.05, 0.1) is 13.2 Å². The van der Waals surface area contributed by atoms with Crippen LogP contribution in [0.2, 0.25) is 0 Å². The molecule has 2 rings (SSSR count). The lowest BCUT2D eigenvalue weighted by Gasteiger charge is -2.23. The molecule has 3 atom stereocenters. The Morgan fingerprint density at radius 2 is 1.96 bits per heavy atom. The standard InChI is InChI=1S/C18H24N2O5S/c1-11(2)14(15(21)16-19-13(10-26-16)17(22)24-3)20-18(23)25-9-12-7-5-4-6-8-12/h4-8,11,13-14,16,19H,9-10H2,1-3H3,(H,20,23). The highest BCUT2D eigenvalue weighted by Crippen LogP contribution is 2.23. The first-order valence-corrected chi connectivity index (χ1v) is 9.43. The number of benzene rings is 1. The van der Waals surface area contributed by atoms with Gasteiger partial charge in [-0.1, -0.05) is 44.2 Å². The number of ether oxygens (including phenoxy) is 2. The molecule has 1 fully saturated rings. The van der Waals surface area contributed by atoms with Crippen molar-refractivity contribution in [3.63, 3.8) is 0 Å². The maximum atomic E-state index is 12.7. The summed E-state index contributed by atoms with van der Waals surface area (Å²) < 4.78 is 9.89. The fraction of sp³-hybridized carbons (Fsp3) is 0.500. The Labute approximate surface area is 157 Å². The first-order valence-electron chi connectivity index (χ1n) is 8.38. The molecular weight excluding hydrogens is 356 g/mol. The quantitative estimate of drug-likeness (QED) is 0.696. The zero-order valence-corrected chi connectivity index (χ0v) is 15.9. The molecule has 142 valence electrons. The van der Waals surface area contributed by atoms with Crippen LogP contribution in [0.25, 0.3) is 0 Å². The predicted molar refractivity (Wildman–Crippen MR) is 98.6 cm³/mol. The monoisotopic (exact) mass is 380 g/mol. The summed E-state index contributed by atoms with van der Waals surface area (Å²) in [5.74, 6) is -0.254. The number of alkyl carbamates (subject to hydrolysis) is 1. The molecule has 1 amide bonds. The average molecular weight is 380 g/mol. The van der Waals surface area contributed by atoms with Crippen LogP contribution in [0, 0.1) is 5.92 Å². The van der Waals surface area contributed by atoms with Crippen LogP contribution in [0.4, 0.5) is 4.79 Å². The molecule has 1 aromatic carbocycles.